The summed E-state index contributed by atoms with van der Waals surface area (Å²) in [7, 11) is 0. The molecule has 3 rings (SSSR count). The molecular formula is C18H24FN3O2. The molecule has 0 aromatic heterocycles. The van der Waals surface area contributed by atoms with Gasteiger partial charge in [0.25, 0.3) is 0 Å². The van der Waals surface area contributed by atoms with Gasteiger partial charge in [-0.25, -0.2) is 4.39 Å². The summed E-state index contributed by atoms with van der Waals surface area (Å²) in [6.07, 6.45) is 3.88. The number of benzene rings is 1. The molecule has 0 bridgehead atoms. The van der Waals surface area contributed by atoms with Crippen LogP contribution in [0.5, 0.6) is 0 Å². The Labute approximate surface area is 141 Å². The van der Waals surface area contributed by atoms with Gasteiger partial charge in [-0.2, -0.15) is 0 Å². The normalized spacial score (nSPS) is 22.0. The lowest BCUT2D eigenvalue weighted by molar-refractivity contribution is -0.126. The highest BCUT2D eigenvalue weighted by Gasteiger charge is 2.35. The molecule has 2 aliphatic rings. The Balaban J connectivity index is 1.49. The van der Waals surface area contributed by atoms with E-state index >= 15 is 0 Å². The molecule has 0 saturated carbocycles. The van der Waals surface area contributed by atoms with Crippen molar-refractivity contribution in [3.63, 3.8) is 0 Å². The number of carbonyl (C=O) groups is 2. The Morgan fingerprint density at radius 1 is 1.21 bits per heavy atom. The molecule has 0 unspecified atom stereocenters. The first-order valence-electron chi connectivity index (χ1n) is 8.70. The van der Waals surface area contributed by atoms with Crippen LogP contribution in [0.3, 0.4) is 0 Å². The van der Waals surface area contributed by atoms with E-state index in [4.69, 9.17) is 0 Å². The largest absolute Gasteiger partial charge is 0.355 e. The molecule has 2 heterocycles. The van der Waals surface area contributed by atoms with Crippen molar-refractivity contribution in [1.29, 1.82) is 0 Å². The number of anilines is 1. The van der Waals surface area contributed by atoms with Crippen molar-refractivity contribution in [2.45, 2.75) is 25.7 Å². The first-order chi connectivity index (χ1) is 11.6. The summed E-state index contributed by atoms with van der Waals surface area (Å²) < 4.78 is 13.9. The van der Waals surface area contributed by atoms with E-state index in [1.54, 1.807) is 18.2 Å². The summed E-state index contributed by atoms with van der Waals surface area (Å²) in [6.45, 7) is 3.89. The predicted molar refractivity (Wildman–Crippen MR) is 90.2 cm³/mol. The maximum absolute atomic E-state index is 13.9. The van der Waals surface area contributed by atoms with Crippen LogP contribution in [0.15, 0.2) is 24.3 Å². The molecule has 1 aromatic carbocycles. The standard InChI is InChI=1S/C18H24FN3O2/c19-15-6-2-3-7-16(15)22-13-14(12-17(22)23)18(24)20-8-11-21-9-4-1-5-10-21/h2-3,6-7,14H,1,4-5,8-13H2,(H,20,24)/t14-/m1/s1. The topological polar surface area (TPSA) is 52.7 Å². The molecule has 2 aliphatic heterocycles. The lowest BCUT2D eigenvalue weighted by atomic mass is 10.1. The Bertz CT molecular complexity index is 602. The molecule has 0 radical (unpaired) electrons. The van der Waals surface area contributed by atoms with Gasteiger partial charge in [0.1, 0.15) is 5.82 Å². The van der Waals surface area contributed by atoms with Crippen LogP contribution >= 0.6 is 0 Å². The summed E-state index contributed by atoms with van der Waals surface area (Å²) in [5.74, 6) is -1.15. The molecule has 1 N–H and O–H groups in total. The van der Waals surface area contributed by atoms with Gasteiger partial charge in [0.2, 0.25) is 11.8 Å². The lowest BCUT2D eigenvalue weighted by Crippen LogP contribution is -2.40. The zero-order valence-electron chi connectivity index (χ0n) is 13.8. The minimum Gasteiger partial charge on any atom is -0.355 e. The van der Waals surface area contributed by atoms with Crippen molar-refractivity contribution >= 4 is 17.5 Å². The third-order valence-electron chi connectivity index (χ3n) is 4.82. The van der Waals surface area contributed by atoms with Gasteiger partial charge in [-0.3, -0.25) is 9.59 Å². The van der Waals surface area contributed by atoms with E-state index in [1.807, 2.05) is 0 Å². The number of rotatable bonds is 5. The second-order valence-corrected chi connectivity index (χ2v) is 6.55. The highest BCUT2D eigenvalue weighted by molar-refractivity contribution is 6.00. The fourth-order valence-electron chi connectivity index (χ4n) is 3.45. The van der Waals surface area contributed by atoms with E-state index in [1.165, 1.54) is 30.2 Å². The highest BCUT2D eigenvalue weighted by Crippen LogP contribution is 2.27. The molecule has 2 amide bonds. The number of carbonyl (C=O) groups excluding carboxylic acids is 2. The number of nitrogens with zero attached hydrogens (tertiary/aromatic N) is 2. The lowest BCUT2D eigenvalue weighted by Gasteiger charge is -2.26. The second kappa shape index (κ2) is 7.75. The van der Waals surface area contributed by atoms with Crippen molar-refractivity contribution in [3.05, 3.63) is 30.1 Å². The van der Waals surface area contributed by atoms with E-state index in [-0.39, 0.29) is 30.5 Å². The van der Waals surface area contributed by atoms with Crippen molar-refractivity contribution in [3.8, 4) is 0 Å². The summed E-state index contributed by atoms with van der Waals surface area (Å²) in [5, 5.41) is 2.93. The van der Waals surface area contributed by atoms with Gasteiger partial charge in [0, 0.05) is 26.1 Å². The zero-order chi connectivity index (χ0) is 16.9. The van der Waals surface area contributed by atoms with Gasteiger partial charge < -0.3 is 15.1 Å². The molecule has 0 spiro atoms. The minimum atomic E-state index is -0.433. The maximum atomic E-state index is 13.9. The molecule has 5 nitrogen and oxygen atoms in total. The van der Waals surface area contributed by atoms with E-state index in [0.717, 1.165) is 19.6 Å². The van der Waals surface area contributed by atoms with E-state index in [9.17, 15) is 14.0 Å². The molecule has 2 saturated heterocycles. The first-order valence-corrected chi connectivity index (χ1v) is 8.70. The van der Waals surface area contributed by atoms with Crippen LogP contribution in [0.25, 0.3) is 0 Å². The summed E-state index contributed by atoms with van der Waals surface area (Å²) >= 11 is 0. The quantitative estimate of drug-likeness (QED) is 0.894. The number of nitrogens with one attached hydrogen (secondary N) is 1. The van der Waals surface area contributed by atoms with Crippen LogP contribution in [-0.2, 0) is 9.59 Å². The number of likely N-dealkylation sites (tertiary alicyclic amines) is 1. The highest BCUT2D eigenvalue weighted by atomic mass is 19.1. The summed E-state index contributed by atoms with van der Waals surface area (Å²) in [4.78, 5) is 28.2. The van der Waals surface area contributed by atoms with Crippen LogP contribution in [0.2, 0.25) is 0 Å². The number of hydrogen-bond donors (Lipinski definition) is 1. The van der Waals surface area contributed by atoms with Gasteiger partial charge in [0.05, 0.1) is 11.6 Å². The molecule has 6 heteroatoms. The first kappa shape index (κ1) is 16.9. The molecule has 1 aromatic rings. The van der Waals surface area contributed by atoms with Gasteiger partial charge >= 0.3 is 0 Å². The number of hydrogen-bond acceptors (Lipinski definition) is 3. The van der Waals surface area contributed by atoms with Gasteiger partial charge in [0.15, 0.2) is 0 Å². The molecule has 130 valence electrons. The minimum absolute atomic E-state index is 0.112. The molecule has 2 fully saturated rings. The van der Waals surface area contributed by atoms with Crippen LogP contribution in [0, 0.1) is 11.7 Å². The van der Waals surface area contributed by atoms with E-state index < -0.39 is 11.7 Å². The summed E-state index contributed by atoms with van der Waals surface area (Å²) in [6, 6.07) is 6.18. The third-order valence-corrected chi connectivity index (χ3v) is 4.82. The van der Waals surface area contributed by atoms with E-state index in [2.05, 4.69) is 10.2 Å². The summed E-state index contributed by atoms with van der Waals surface area (Å²) in [5.41, 5.74) is 0.256. The molecule has 1 atom stereocenters. The van der Waals surface area contributed by atoms with Crippen molar-refractivity contribution in [2.75, 3.05) is 37.6 Å². The van der Waals surface area contributed by atoms with Crippen LogP contribution in [0.1, 0.15) is 25.7 Å². The van der Waals surface area contributed by atoms with Crippen molar-refractivity contribution in [1.82, 2.24) is 10.2 Å². The smallest absolute Gasteiger partial charge is 0.227 e. The SMILES string of the molecule is O=C(NCCN1CCCCC1)[C@@H]1CC(=O)N(c2ccccc2F)C1. The van der Waals surface area contributed by atoms with Crippen molar-refractivity contribution in [2.24, 2.45) is 5.92 Å². The monoisotopic (exact) mass is 333 g/mol. The van der Waals surface area contributed by atoms with E-state index in [0.29, 0.717) is 6.54 Å². The number of halogens is 1. The average molecular weight is 333 g/mol. The number of amides is 2. The van der Waals surface area contributed by atoms with Crippen LogP contribution < -0.4 is 10.2 Å². The Kier molecular flexibility index (Phi) is 5.45. The second-order valence-electron chi connectivity index (χ2n) is 6.55. The Morgan fingerprint density at radius 2 is 1.96 bits per heavy atom. The molecular weight excluding hydrogens is 309 g/mol. The molecule has 0 aliphatic carbocycles. The van der Waals surface area contributed by atoms with Gasteiger partial charge in [-0.05, 0) is 38.1 Å². The fraction of sp³-hybridized carbons (Fsp3) is 0.556. The maximum Gasteiger partial charge on any atom is 0.227 e. The van der Waals surface area contributed by atoms with Crippen LogP contribution in [0.4, 0.5) is 10.1 Å². The fourth-order valence-corrected chi connectivity index (χ4v) is 3.45. The number of piperidine rings is 1. The number of para-hydroxylation sites is 1. The third kappa shape index (κ3) is 3.93. The van der Waals surface area contributed by atoms with Gasteiger partial charge in [-0.1, -0.05) is 18.6 Å². The zero-order valence-corrected chi connectivity index (χ0v) is 13.8. The predicted octanol–water partition coefficient (Wildman–Crippen LogP) is 1.78. The molecule has 24 heavy (non-hydrogen) atoms. The van der Waals surface area contributed by atoms with Gasteiger partial charge in [-0.15, -0.1) is 0 Å². The Morgan fingerprint density at radius 3 is 2.71 bits per heavy atom. The Hall–Kier alpha value is -1.95. The van der Waals surface area contributed by atoms with Crippen molar-refractivity contribution < 1.29 is 14.0 Å². The van der Waals surface area contributed by atoms with Crippen LogP contribution in [-0.4, -0.2) is 49.4 Å². The average Bonchev–Trinajstić information content (AvgIpc) is 2.98.